The molecule has 1 heterocycles. The molecule has 0 aromatic heterocycles. The van der Waals surface area contributed by atoms with Gasteiger partial charge < -0.3 is 23.7 Å². The highest BCUT2D eigenvalue weighted by atomic mass is 16.7. The van der Waals surface area contributed by atoms with Crippen molar-refractivity contribution in [2.45, 2.75) is 45.3 Å². The molecule has 1 unspecified atom stereocenters. The van der Waals surface area contributed by atoms with E-state index in [9.17, 15) is 14.4 Å². The maximum atomic E-state index is 13.1. The Hall–Kier alpha value is -4.01. The van der Waals surface area contributed by atoms with Gasteiger partial charge in [-0.25, -0.2) is 14.4 Å². The fourth-order valence-corrected chi connectivity index (χ4v) is 3.81. The topological polar surface area (TPSA) is 97.4 Å². The van der Waals surface area contributed by atoms with Crippen molar-refractivity contribution in [3.8, 4) is 0 Å². The largest absolute Gasteiger partial charge is 0.459 e. The summed E-state index contributed by atoms with van der Waals surface area (Å²) in [7, 11) is 1.27. The Labute approximate surface area is 222 Å². The highest BCUT2D eigenvalue weighted by Gasteiger charge is 2.50. The second-order valence-corrected chi connectivity index (χ2v) is 9.06. The van der Waals surface area contributed by atoms with Gasteiger partial charge in [-0.1, -0.05) is 53.1 Å². The fourth-order valence-electron chi connectivity index (χ4n) is 3.81. The summed E-state index contributed by atoms with van der Waals surface area (Å²) in [5, 5.41) is 0. The number of carbonyl (C=O) groups excluding carboxylic acids is 3. The van der Waals surface area contributed by atoms with E-state index in [-0.39, 0.29) is 17.7 Å². The fraction of sp³-hybridized carbons (Fsp3) is 0.300. The van der Waals surface area contributed by atoms with Gasteiger partial charge in [0.25, 0.3) is 0 Å². The van der Waals surface area contributed by atoms with Gasteiger partial charge in [0.15, 0.2) is 18.5 Å². The Morgan fingerprint density at radius 3 is 1.58 bits per heavy atom. The zero-order chi connectivity index (χ0) is 28.2. The van der Waals surface area contributed by atoms with E-state index in [1.165, 1.54) is 7.11 Å². The Kier molecular flexibility index (Phi) is 8.11. The highest BCUT2D eigenvalue weighted by Crippen LogP contribution is 2.29. The third kappa shape index (κ3) is 6.45. The minimum atomic E-state index is -2.31. The van der Waals surface area contributed by atoms with E-state index in [1.54, 1.807) is 72.8 Å². The van der Waals surface area contributed by atoms with Crippen LogP contribution in [0.1, 0.15) is 49.1 Å². The summed E-state index contributed by atoms with van der Waals surface area (Å²) in [6, 6.07) is 20.0. The van der Waals surface area contributed by atoms with E-state index in [0.717, 1.165) is 16.7 Å². The van der Waals surface area contributed by atoms with Crippen molar-refractivity contribution in [1.82, 2.24) is 0 Å². The predicted octanol–water partition coefficient (Wildman–Crippen LogP) is 4.59. The number of carbonyl (C=O) groups is 3. The Morgan fingerprint density at radius 1 is 0.711 bits per heavy atom. The van der Waals surface area contributed by atoms with Crippen molar-refractivity contribution in [2.24, 2.45) is 0 Å². The normalized spacial score (nSPS) is 22.8. The summed E-state index contributed by atoms with van der Waals surface area (Å²) in [5.74, 6) is -2.22. The van der Waals surface area contributed by atoms with Crippen LogP contribution in [0.25, 0.3) is 0 Å². The Balaban J connectivity index is 1.60. The van der Waals surface area contributed by atoms with Gasteiger partial charge in [0.05, 0.1) is 18.1 Å². The second-order valence-electron chi connectivity index (χ2n) is 9.06. The van der Waals surface area contributed by atoms with Crippen LogP contribution < -0.4 is 0 Å². The quantitative estimate of drug-likeness (QED) is 0.315. The van der Waals surface area contributed by atoms with Crippen LogP contribution in [0, 0.1) is 20.8 Å². The van der Waals surface area contributed by atoms with Crippen LogP contribution in [0.5, 0.6) is 0 Å². The van der Waals surface area contributed by atoms with Crippen molar-refractivity contribution >= 4 is 17.9 Å². The van der Waals surface area contributed by atoms with E-state index < -0.39 is 42.5 Å². The van der Waals surface area contributed by atoms with Crippen LogP contribution in [0.15, 0.2) is 72.8 Å². The molecule has 0 saturated carbocycles. The summed E-state index contributed by atoms with van der Waals surface area (Å²) < 4.78 is 37.0. The van der Waals surface area contributed by atoms with Gasteiger partial charge in [-0.15, -0.1) is 0 Å². The van der Waals surface area contributed by atoms with Crippen molar-refractivity contribution in [3.63, 3.8) is 0 Å². The van der Waals surface area contributed by atoms with Crippen LogP contribution in [-0.2, 0) is 23.7 Å². The number of hydrogen-bond acceptors (Lipinski definition) is 8. The number of hydrogen-bond donors (Lipinski definition) is 0. The number of ether oxygens (including phenoxy) is 5. The summed E-state index contributed by atoms with van der Waals surface area (Å²) in [6.07, 6.45) is -6.40. The molecule has 3 aromatic carbocycles. The first-order valence-corrected chi connectivity index (χ1v) is 12.1. The minimum Gasteiger partial charge on any atom is -0.459 e. The van der Waals surface area contributed by atoms with Crippen molar-refractivity contribution < 1.29 is 39.4 Å². The van der Waals surface area contributed by atoms with Crippen LogP contribution in [0.3, 0.4) is 0 Å². The van der Waals surface area contributed by atoms with Gasteiger partial charge in [-0.05, 0) is 57.2 Å². The van der Waals surface area contributed by atoms with Crippen LogP contribution in [0.2, 0.25) is 0 Å². The Bertz CT molecular complexity index is 1320. The molecule has 8 nitrogen and oxygen atoms in total. The molecular weight excluding hydrogens is 488 g/mol. The second kappa shape index (κ2) is 12.0. The van der Waals surface area contributed by atoms with Crippen LogP contribution in [-0.4, -0.2) is 56.2 Å². The maximum Gasteiger partial charge on any atom is 0.338 e. The molecular formula is C30H30O8. The molecule has 38 heavy (non-hydrogen) atoms. The molecule has 3 aromatic rings. The van der Waals surface area contributed by atoms with E-state index in [2.05, 4.69) is 0 Å². The molecule has 1 aliphatic rings. The van der Waals surface area contributed by atoms with E-state index >= 15 is 0 Å². The number of aryl methyl sites for hydroxylation is 3. The molecule has 0 aliphatic carbocycles. The molecule has 0 radical (unpaired) electrons. The van der Waals surface area contributed by atoms with Gasteiger partial charge in [-0.2, -0.15) is 0 Å². The van der Waals surface area contributed by atoms with Crippen molar-refractivity contribution in [2.75, 3.05) is 13.7 Å². The lowest BCUT2D eigenvalue weighted by atomic mass is 10.1. The standard InChI is InChI=1S/C30H30O8/c1-18-5-11-21(12-6-18)27(31)35-17-24-25(37-28(32)22-13-7-19(2)8-14-22)26(30(34-4)36-24)38-29(33)23-15-9-20(3)10-16-23/h5-16,24-26,30H,17H2,1-4H3/t24-,25-,26-,30?/m1/s1/i26D. The van der Waals surface area contributed by atoms with E-state index in [1.807, 2.05) is 20.8 Å². The maximum absolute atomic E-state index is 13.1. The molecule has 0 bridgehead atoms. The average molecular weight is 520 g/mol. The lowest BCUT2D eigenvalue weighted by Crippen LogP contribution is -2.42. The predicted molar refractivity (Wildman–Crippen MR) is 138 cm³/mol. The third-order valence-corrected chi connectivity index (χ3v) is 6.05. The van der Waals surface area contributed by atoms with Gasteiger partial charge in [0.1, 0.15) is 12.7 Å². The van der Waals surface area contributed by atoms with Crippen molar-refractivity contribution in [3.05, 3.63) is 106 Å². The third-order valence-electron chi connectivity index (χ3n) is 6.05. The lowest BCUT2D eigenvalue weighted by Gasteiger charge is -2.24. The lowest BCUT2D eigenvalue weighted by molar-refractivity contribution is -0.155. The highest BCUT2D eigenvalue weighted by molar-refractivity contribution is 5.91. The molecule has 1 aliphatic heterocycles. The smallest absolute Gasteiger partial charge is 0.338 e. The molecule has 4 atom stereocenters. The van der Waals surface area contributed by atoms with E-state index in [0.29, 0.717) is 5.56 Å². The van der Waals surface area contributed by atoms with Crippen LogP contribution >= 0.6 is 0 Å². The van der Waals surface area contributed by atoms with Crippen LogP contribution in [0.4, 0.5) is 0 Å². The first-order valence-electron chi connectivity index (χ1n) is 12.6. The molecule has 0 amide bonds. The first kappa shape index (κ1) is 25.6. The summed E-state index contributed by atoms with van der Waals surface area (Å²) >= 11 is 0. The average Bonchev–Trinajstić information content (AvgIpc) is 3.18. The first-order chi connectivity index (χ1) is 18.6. The summed E-state index contributed by atoms with van der Waals surface area (Å²) in [6.45, 7) is 5.25. The molecule has 0 spiro atoms. The summed E-state index contributed by atoms with van der Waals surface area (Å²) in [4.78, 5) is 38.7. The monoisotopic (exact) mass is 519 g/mol. The van der Waals surface area contributed by atoms with Gasteiger partial charge in [0, 0.05) is 7.11 Å². The number of rotatable bonds is 8. The molecule has 1 saturated heterocycles. The SMILES string of the molecule is [2H][C@]1(OC(=O)c2ccc(C)cc2)C(OC)O[C@H](COC(=O)c2ccc(C)cc2)[C@H]1OC(=O)c1ccc(C)cc1. The summed E-state index contributed by atoms with van der Waals surface area (Å²) in [5.41, 5.74) is 3.59. The molecule has 198 valence electrons. The molecule has 0 N–H and O–H groups in total. The molecule has 4 rings (SSSR count). The molecule has 8 heteroatoms. The zero-order valence-electron chi connectivity index (χ0n) is 22.6. The number of benzene rings is 3. The zero-order valence-corrected chi connectivity index (χ0v) is 21.6. The van der Waals surface area contributed by atoms with E-state index in [4.69, 9.17) is 25.1 Å². The number of esters is 3. The Morgan fingerprint density at radius 2 is 1.13 bits per heavy atom. The van der Waals surface area contributed by atoms with Crippen molar-refractivity contribution in [1.29, 1.82) is 0 Å². The van der Waals surface area contributed by atoms with Gasteiger partial charge >= 0.3 is 17.9 Å². The number of methoxy groups -OCH3 is 1. The molecule has 1 fully saturated rings. The van der Waals surface area contributed by atoms with Gasteiger partial charge in [-0.3, -0.25) is 0 Å². The van der Waals surface area contributed by atoms with Gasteiger partial charge in [0.2, 0.25) is 0 Å². The minimum absolute atomic E-state index is 0.194.